The molecule has 0 amide bonds. The van der Waals surface area contributed by atoms with Crippen LogP contribution in [0.4, 0.5) is 0 Å². The number of hydrogen-bond donors (Lipinski definition) is 0. The molecule has 2 atom stereocenters. The topological polar surface area (TPSA) is 26.3 Å². The number of carbonyl (C=O) groups is 1. The highest BCUT2D eigenvalue weighted by molar-refractivity contribution is 5.74. The van der Waals surface area contributed by atoms with Crippen LogP contribution >= 0.6 is 0 Å². The van der Waals surface area contributed by atoms with Gasteiger partial charge in [-0.15, -0.1) is 0 Å². The van der Waals surface area contributed by atoms with E-state index in [4.69, 9.17) is 4.74 Å². The minimum Gasteiger partial charge on any atom is -0.465 e. The first kappa shape index (κ1) is 9.04. The van der Waals surface area contributed by atoms with E-state index in [1.165, 1.54) is 19.3 Å². The van der Waals surface area contributed by atoms with Crippen molar-refractivity contribution in [3.8, 4) is 0 Å². The Hall–Kier alpha value is -0.530. The molecule has 1 aliphatic heterocycles. The third-order valence-corrected chi connectivity index (χ3v) is 3.96. The van der Waals surface area contributed by atoms with E-state index in [1.54, 1.807) is 0 Å². The summed E-state index contributed by atoms with van der Waals surface area (Å²) >= 11 is 0. The highest BCUT2D eigenvalue weighted by atomic mass is 16.5. The minimum absolute atomic E-state index is 0.0446. The Labute approximate surface area is 79.7 Å². The highest BCUT2D eigenvalue weighted by Gasteiger charge is 2.46. The molecule has 0 aromatic heterocycles. The zero-order valence-electron chi connectivity index (χ0n) is 8.51. The zero-order valence-corrected chi connectivity index (χ0v) is 8.51. The van der Waals surface area contributed by atoms with E-state index in [9.17, 15) is 4.79 Å². The van der Waals surface area contributed by atoms with Gasteiger partial charge in [0, 0.05) is 0 Å². The van der Waals surface area contributed by atoms with Gasteiger partial charge in [0.05, 0.1) is 12.5 Å². The summed E-state index contributed by atoms with van der Waals surface area (Å²) in [5.41, 5.74) is 0.172. The Bertz CT molecular complexity index is 220. The molecule has 74 valence electrons. The molecule has 1 saturated carbocycles. The molecule has 0 radical (unpaired) electrons. The highest BCUT2D eigenvalue weighted by Crippen LogP contribution is 2.46. The van der Waals surface area contributed by atoms with Crippen LogP contribution in [0.1, 0.15) is 39.5 Å². The van der Waals surface area contributed by atoms with Crippen LogP contribution in [0, 0.1) is 17.3 Å². The lowest BCUT2D eigenvalue weighted by molar-refractivity contribution is -0.167. The van der Waals surface area contributed by atoms with Gasteiger partial charge in [-0.1, -0.05) is 26.7 Å². The number of cyclic esters (lactones) is 1. The molecule has 0 aromatic carbocycles. The average Bonchev–Trinajstić information content (AvgIpc) is 2.16. The fourth-order valence-corrected chi connectivity index (χ4v) is 2.77. The van der Waals surface area contributed by atoms with Crippen molar-refractivity contribution in [1.29, 1.82) is 0 Å². The van der Waals surface area contributed by atoms with Gasteiger partial charge in [-0.3, -0.25) is 4.79 Å². The fraction of sp³-hybridized carbons (Fsp3) is 0.909. The molecule has 2 heteroatoms. The molecule has 2 fully saturated rings. The molecule has 2 bridgehead atoms. The summed E-state index contributed by atoms with van der Waals surface area (Å²) in [6.07, 6.45) is 4.72. The largest absolute Gasteiger partial charge is 0.465 e. The van der Waals surface area contributed by atoms with Gasteiger partial charge in [-0.2, -0.15) is 0 Å². The number of ether oxygens (including phenoxy) is 1. The Balaban J connectivity index is 2.28. The molecule has 1 heterocycles. The van der Waals surface area contributed by atoms with Crippen molar-refractivity contribution in [3.63, 3.8) is 0 Å². The van der Waals surface area contributed by atoms with Crippen LogP contribution in [0.3, 0.4) is 0 Å². The van der Waals surface area contributed by atoms with Crippen molar-refractivity contribution < 1.29 is 9.53 Å². The number of hydrogen-bond acceptors (Lipinski definition) is 2. The molecular weight excluding hydrogens is 164 g/mol. The Morgan fingerprint density at radius 3 is 2.77 bits per heavy atom. The first-order valence-corrected chi connectivity index (χ1v) is 5.29. The average molecular weight is 182 g/mol. The van der Waals surface area contributed by atoms with Gasteiger partial charge in [-0.25, -0.2) is 0 Å². The van der Waals surface area contributed by atoms with Gasteiger partial charge in [0.15, 0.2) is 0 Å². The van der Waals surface area contributed by atoms with Crippen molar-refractivity contribution in [2.75, 3.05) is 6.61 Å². The van der Waals surface area contributed by atoms with Crippen molar-refractivity contribution in [2.24, 2.45) is 17.3 Å². The summed E-state index contributed by atoms with van der Waals surface area (Å²) in [7, 11) is 0. The second-order valence-corrected chi connectivity index (χ2v) is 4.99. The second kappa shape index (κ2) is 3.00. The van der Waals surface area contributed by atoms with Crippen LogP contribution in [-0.2, 0) is 9.53 Å². The molecule has 2 unspecified atom stereocenters. The molecule has 0 aromatic rings. The molecule has 2 rings (SSSR count). The van der Waals surface area contributed by atoms with E-state index in [-0.39, 0.29) is 17.3 Å². The summed E-state index contributed by atoms with van der Waals surface area (Å²) in [5, 5.41) is 0. The molecular formula is C11H18O2. The number of rotatable bonds is 0. The van der Waals surface area contributed by atoms with Gasteiger partial charge in [0.1, 0.15) is 0 Å². The molecule has 0 spiro atoms. The molecule has 13 heavy (non-hydrogen) atoms. The van der Waals surface area contributed by atoms with E-state index in [0.717, 1.165) is 6.42 Å². The van der Waals surface area contributed by atoms with Crippen molar-refractivity contribution in [3.05, 3.63) is 0 Å². The van der Waals surface area contributed by atoms with Crippen molar-refractivity contribution >= 4 is 5.97 Å². The Morgan fingerprint density at radius 2 is 2.00 bits per heavy atom. The molecule has 0 N–H and O–H groups in total. The molecule has 2 aliphatic rings. The quantitative estimate of drug-likeness (QED) is 0.538. The van der Waals surface area contributed by atoms with Crippen LogP contribution in [0.25, 0.3) is 0 Å². The lowest BCUT2D eigenvalue weighted by atomic mass is 9.67. The van der Waals surface area contributed by atoms with Crippen molar-refractivity contribution in [2.45, 2.75) is 39.5 Å². The Morgan fingerprint density at radius 1 is 1.31 bits per heavy atom. The summed E-state index contributed by atoms with van der Waals surface area (Å²) < 4.78 is 5.22. The third kappa shape index (κ3) is 1.36. The summed E-state index contributed by atoms with van der Waals surface area (Å²) in [6.45, 7) is 5.12. The zero-order chi connectivity index (χ0) is 9.47. The maximum Gasteiger partial charge on any atom is 0.309 e. The summed E-state index contributed by atoms with van der Waals surface area (Å²) in [6, 6.07) is 0. The van der Waals surface area contributed by atoms with E-state index in [1.807, 2.05) is 0 Å². The van der Waals surface area contributed by atoms with Crippen LogP contribution in [0.2, 0.25) is 0 Å². The number of fused-ring (bicyclic) bond motifs is 2. The van der Waals surface area contributed by atoms with Crippen molar-refractivity contribution in [1.82, 2.24) is 0 Å². The summed E-state index contributed by atoms with van der Waals surface area (Å²) in [4.78, 5) is 11.6. The van der Waals surface area contributed by atoms with Gasteiger partial charge in [0.25, 0.3) is 0 Å². The first-order chi connectivity index (χ1) is 6.12. The van der Waals surface area contributed by atoms with Gasteiger partial charge in [-0.05, 0) is 24.2 Å². The standard InChI is InChI=1S/C11H18O2/c1-11(2)8-5-3-4-6-9(11)10(12)13-7-8/h8-9H,3-7H2,1-2H3. The van der Waals surface area contributed by atoms with Crippen LogP contribution < -0.4 is 0 Å². The second-order valence-electron chi connectivity index (χ2n) is 4.99. The third-order valence-electron chi connectivity index (χ3n) is 3.96. The summed E-state index contributed by atoms with van der Waals surface area (Å²) in [5.74, 6) is 0.801. The minimum atomic E-state index is 0.0446. The lowest BCUT2D eigenvalue weighted by Gasteiger charge is -2.42. The van der Waals surface area contributed by atoms with E-state index in [2.05, 4.69) is 13.8 Å². The maximum atomic E-state index is 11.6. The van der Waals surface area contributed by atoms with Crippen LogP contribution in [0.15, 0.2) is 0 Å². The van der Waals surface area contributed by atoms with E-state index >= 15 is 0 Å². The van der Waals surface area contributed by atoms with E-state index < -0.39 is 0 Å². The van der Waals surface area contributed by atoms with Gasteiger partial charge >= 0.3 is 5.97 Å². The smallest absolute Gasteiger partial charge is 0.309 e. The normalized spacial score (nSPS) is 37.8. The number of esters is 1. The monoisotopic (exact) mass is 182 g/mol. The number of carbonyl (C=O) groups excluding carboxylic acids is 1. The fourth-order valence-electron chi connectivity index (χ4n) is 2.77. The van der Waals surface area contributed by atoms with E-state index in [0.29, 0.717) is 12.5 Å². The SMILES string of the molecule is CC1(C)C2CCCCC1C(=O)OC2. The maximum absolute atomic E-state index is 11.6. The van der Waals surface area contributed by atoms with Gasteiger partial charge < -0.3 is 4.74 Å². The predicted octanol–water partition coefficient (Wildman–Crippen LogP) is 2.38. The van der Waals surface area contributed by atoms with Crippen LogP contribution in [-0.4, -0.2) is 12.6 Å². The first-order valence-electron chi connectivity index (χ1n) is 5.29. The predicted molar refractivity (Wildman–Crippen MR) is 50.2 cm³/mol. The van der Waals surface area contributed by atoms with Crippen LogP contribution in [0.5, 0.6) is 0 Å². The molecule has 2 nitrogen and oxygen atoms in total. The lowest BCUT2D eigenvalue weighted by Crippen LogP contribution is -2.44. The molecule has 1 aliphatic carbocycles. The molecule has 1 saturated heterocycles. The Kier molecular flexibility index (Phi) is 2.09. The van der Waals surface area contributed by atoms with Gasteiger partial charge in [0.2, 0.25) is 0 Å².